The number of carboxylic acid groups (broad SMARTS) is 2. The Hall–Kier alpha value is -3.23. The minimum Gasteiger partial charge on any atom is -0.481 e. The third-order valence-electron chi connectivity index (χ3n) is 8.33. The van der Waals surface area contributed by atoms with E-state index in [4.69, 9.17) is 25.1 Å². The molecule has 0 aliphatic heterocycles. The molecule has 272 valence electrons. The smallest absolute Gasteiger partial charge is 0.407 e. The van der Waals surface area contributed by atoms with Crippen LogP contribution in [-0.4, -0.2) is 75.4 Å². The molecular weight excluding hydrogens is 616 g/mol. The van der Waals surface area contributed by atoms with Gasteiger partial charge in [0.05, 0.1) is 12.8 Å². The molecule has 2 amide bonds. The summed E-state index contributed by atoms with van der Waals surface area (Å²) < 4.78 is 10.4. The molecule has 14 nitrogen and oxygen atoms in total. The Kier molecular flexibility index (Phi) is 19.5. The molecule has 2 rings (SSSR count). The summed E-state index contributed by atoms with van der Waals surface area (Å²) >= 11 is 0. The van der Waals surface area contributed by atoms with E-state index in [-0.39, 0.29) is 18.3 Å². The van der Waals surface area contributed by atoms with Gasteiger partial charge in [-0.2, -0.15) is 0 Å². The van der Waals surface area contributed by atoms with Gasteiger partial charge in [-0.05, 0) is 122 Å². The van der Waals surface area contributed by atoms with Crippen LogP contribution in [0.2, 0.25) is 0 Å². The van der Waals surface area contributed by atoms with Gasteiger partial charge in [0.2, 0.25) is 0 Å². The van der Waals surface area contributed by atoms with Crippen LogP contribution in [-0.2, 0) is 28.9 Å². The topological polar surface area (TPSA) is 218 Å². The maximum Gasteiger partial charge on any atom is 0.407 e. The Bertz CT molecular complexity index is 909. The molecule has 0 aromatic carbocycles. The maximum atomic E-state index is 11.8. The van der Waals surface area contributed by atoms with Crippen molar-refractivity contribution in [3.05, 3.63) is 12.7 Å². The molecule has 0 spiro atoms. The zero-order chi connectivity index (χ0) is 36.3. The second kappa shape index (κ2) is 20.9. The van der Waals surface area contributed by atoms with Crippen LogP contribution < -0.4 is 10.6 Å². The van der Waals surface area contributed by atoms with E-state index in [9.17, 15) is 29.1 Å². The normalized spacial score (nSPS) is 24.1. The number of aliphatic carboxylic acids is 2. The van der Waals surface area contributed by atoms with Crippen LogP contribution in [0, 0.1) is 22.7 Å². The number of ether oxygens (including phenoxy) is 2. The van der Waals surface area contributed by atoms with Gasteiger partial charge < -0.3 is 35.1 Å². The molecule has 0 bridgehead atoms. The number of hydrogen-bond acceptors (Lipinski definition) is 10. The van der Waals surface area contributed by atoms with Crippen LogP contribution in [0.3, 0.4) is 0 Å². The van der Waals surface area contributed by atoms with Gasteiger partial charge >= 0.3 is 24.1 Å². The van der Waals surface area contributed by atoms with Crippen molar-refractivity contribution in [1.29, 1.82) is 0 Å². The van der Waals surface area contributed by atoms with E-state index in [1.54, 1.807) is 41.5 Å². The monoisotopic (exact) mass is 674 g/mol. The first-order chi connectivity index (χ1) is 21.7. The van der Waals surface area contributed by atoms with Crippen LogP contribution in [0.1, 0.15) is 119 Å². The van der Waals surface area contributed by atoms with Crippen LogP contribution >= 0.6 is 0 Å². The zero-order valence-corrected chi connectivity index (χ0v) is 29.0. The number of allylic oxidation sites excluding steroid dienone is 1. The summed E-state index contributed by atoms with van der Waals surface area (Å²) in [5.41, 5.74) is -1.93. The van der Waals surface area contributed by atoms with Gasteiger partial charge in [0.15, 0.2) is 0 Å². The number of hydrogen-bond donors (Lipinski definition) is 6. The van der Waals surface area contributed by atoms with Crippen molar-refractivity contribution in [2.75, 3.05) is 13.1 Å². The van der Waals surface area contributed by atoms with Gasteiger partial charge in [0.25, 0.3) is 0 Å². The molecule has 0 saturated heterocycles. The number of carboxylic acids is 2. The van der Waals surface area contributed by atoms with Gasteiger partial charge in [-0.1, -0.05) is 11.1 Å². The fourth-order valence-electron chi connectivity index (χ4n) is 6.04. The maximum absolute atomic E-state index is 11.8. The highest BCUT2D eigenvalue weighted by Gasteiger charge is 2.39. The lowest BCUT2D eigenvalue weighted by Gasteiger charge is -2.39. The lowest BCUT2D eigenvalue weighted by Crippen LogP contribution is -2.43. The van der Waals surface area contributed by atoms with Gasteiger partial charge in [0, 0.05) is 19.5 Å². The molecule has 0 radical (unpaired) electrons. The Balaban J connectivity index is 0.000000831. The SMILES string of the molecule is C=CCC1CCC(CNC(=O)OC(C)(C)C)(CC(=O)O)CC1.CC(C)(C)OC(=O)NCC1(CC(=O)O)CCC(CC=O)CC1.OOO. The molecule has 2 fully saturated rings. The summed E-state index contributed by atoms with van der Waals surface area (Å²) in [4.78, 5) is 56.5. The molecule has 0 aromatic rings. The lowest BCUT2D eigenvalue weighted by molar-refractivity contribution is -0.465. The summed E-state index contributed by atoms with van der Waals surface area (Å²) in [6.45, 7) is 15.2. The Labute approximate surface area is 278 Å². The molecule has 2 aliphatic carbocycles. The second-order valence-electron chi connectivity index (χ2n) is 14.7. The largest absolute Gasteiger partial charge is 0.481 e. The Morgan fingerprint density at radius 3 is 1.30 bits per heavy atom. The van der Waals surface area contributed by atoms with E-state index < -0.39 is 40.7 Å². The minimum absolute atomic E-state index is 0.0244. The summed E-state index contributed by atoms with van der Waals surface area (Å²) in [5, 5.41) is 39.3. The standard InChI is InChI=1S/C17H29NO4.C16H27NO5.H2O3/c1-5-6-13-7-9-17(10-8-13,11-14(19)20)12-18-15(21)22-16(2,3)4;1-15(2,3)22-14(21)17-11-16(10-13(19)20)7-4-12(5-8-16)6-9-18;1-3-2/h5,13H,1,6-12H2,2-4H3,(H,18,21)(H,19,20);9,12H,4-8,10-11H2,1-3H3,(H,17,21)(H,19,20);1-2H. The molecule has 0 atom stereocenters. The fraction of sp³-hybridized carbons (Fsp3) is 0.788. The molecule has 0 aromatic heterocycles. The van der Waals surface area contributed by atoms with E-state index in [0.29, 0.717) is 44.2 Å². The number of aldehydes is 1. The van der Waals surface area contributed by atoms with Crippen molar-refractivity contribution in [3.8, 4) is 0 Å². The molecule has 2 saturated carbocycles. The quantitative estimate of drug-likeness (QED) is 0.0570. The van der Waals surface area contributed by atoms with Crippen molar-refractivity contribution < 1.29 is 59.2 Å². The average molecular weight is 675 g/mol. The fourth-order valence-corrected chi connectivity index (χ4v) is 6.04. The van der Waals surface area contributed by atoms with E-state index >= 15 is 0 Å². The van der Waals surface area contributed by atoms with E-state index in [1.165, 1.54) is 0 Å². The lowest BCUT2D eigenvalue weighted by atomic mass is 9.68. The van der Waals surface area contributed by atoms with Crippen molar-refractivity contribution in [2.24, 2.45) is 22.7 Å². The van der Waals surface area contributed by atoms with E-state index in [0.717, 1.165) is 51.2 Å². The van der Waals surface area contributed by atoms with Gasteiger partial charge in [-0.3, -0.25) is 9.59 Å². The molecule has 14 heteroatoms. The van der Waals surface area contributed by atoms with Crippen LogP contribution in [0.4, 0.5) is 9.59 Å². The number of nitrogens with one attached hydrogen (secondary N) is 2. The van der Waals surface area contributed by atoms with Gasteiger partial charge in [-0.25, -0.2) is 20.1 Å². The minimum atomic E-state index is -0.861. The first-order valence-corrected chi connectivity index (χ1v) is 16.1. The van der Waals surface area contributed by atoms with Gasteiger partial charge in [0.1, 0.15) is 17.5 Å². The number of amides is 2. The van der Waals surface area contributed by atoms with Crippen LogP contribution in [0.5, 0.6) is 0 Å². The summed E-state index contributed by atoms with van der Waals surface area (Å²) in [6, 6.07) is 0. The highest BCUT2D eigenvalue weighted by atomic mass is 17.4. The summed E-state index contributed by atoms with van der Waals surface area (Å²) in [7, 11) is 0. The number of carbonyl (C=O) groups is 5. The molecule has 0 unspecified atom stereocenters. The predicted octanol–water partition coefficient (Wildman–Crippen LogP) is 6.44. The van der Waals surface area contributed by atoms with Crippen LogP contribution in [0.25, 0.3) is 0 Å². The second-order valence-corrected chi connectivity index (χ2v) is 14.7. The van der Waals surface area contributed by atoms with Crippen molar-refractivity contribution in [2.45, 2.75) is 130 Å². The van der Waals surface area contributed by atoms with Crippen LogP contribution in [0.15, 0.2) is 12.7 Å². The molecular formula is C33H58N2O12. The first kappa shape index (κ1) is 43.8. The van der Waals surface area contributed by atoms with E-state index in [1.807, 2.05) is 6.08 Å². The molecule has 2 aliphatic rings. The number of alkyl carbamates (subject to hydrolysis) is 2. The molecule has 6 N–H and O–H groups in total. The average Bonchev–Trinajstić information content (AvgIpc) is 2.92. The number of rotatable bonds is 12. The first-order valence-electron chi connectivity index (χ1n) is 16.1. The van der Waals surface area contributed by atoms with Crippen molar-refractivity contribution in [3.63, 3.8) is 0 Å². The van der Waals surface area contributed by atoms with Crippen molar-refractivity contribution >= 4 is 30.4 Å². The Morgan fingerprint density at radius 1 is 0.723 bits per heavy atom. The highest BCUT2D eigenvalue weighted by molar-refractivity contribution is 5.70. The third-order valence-corrected chi connectivity index (χ3v) is 8.33. The van der Waals surface area contributed by atoms with Crippen molar-refractivity contribution in [1.82, 2.24) is 10.6 Å². The third kappa shape index (κ3) is 20.6. The zero-order valence-electron chi connectivity index (χ0n) is 29.0. The van der Waals surface area contributed by atoms with E-state index in [2.05, 4.69) is 22.3 Å². The molecule has 47 heavy (non-hydrogen) atoms. The summed E-state index contributed by atoms with van der Waals surface area (Å²) in [5.74, 6) is -0.755. The number of carbonyl (C=O) groups excluding carboxylic acids is 3. The summed E-state index contributed by atoms with van der Waals surface area (Å²) in [6.07, 6.45) is 10.1. The Morgan fingerprint density at radius 2 is 1.04 bits per heavy atom. The van der Waals surface area contributed by atoms with Gasteiger partial charge in [-0.15, -0.1) is 6.58 Å². The highest BCUT2D eigenvalue weighted by Crippen LogP contribution is 2.43. The molecule has 0 heterocycles. The predicted molar refractivity (Wildman–Crippen MR) is 174 cm³/mol.